The lowest BCUT2D eigenvalue weighted by molar-refractivity contribution is -0.385. The number of amides is 2. The zero-order chi connectivity index (χ0) is 18.1. The minimum absolute atomic E-state index is 0.168. The van der Waals surface area contributed by atoms with Gasteiger partial charge in [-0.05, 0) is 17.7 Å². The zero-order valence-corrected chi connectivity index (χ0v) is 12.7. The lowest BCUT2D eigenvalue weighted by Gasteiger charge is -2.27. The van der Waals surface area contributed by atoms with Crippen molar-refractivity contribution in [2.45, 2.75) is 12.5 Å². The molecule has 0 bridgehead atoms. The van der Waals surface area contributed by atoms with Crippen LogP contribution in [0.5, 0.6) is 0 Å². The van der Waals surface area contributed by atoms with E-state index in [1.165, 1.54) is 30.3 Å². The fourth-order valence-corrected chi connectivity index (χ4v) is 2.85. The van der Waals surface area contributed by atoms with E-state index in [2.05, 4.69) is 0 Å². The van der Waals surface area contributed by atoms with Crippen LogP contribution >= 0.6 is 0 Å². The summed E-state index contributed by atoms with van der Waals surface area (Å²) in [5.41, 5.74) is 0.243. The molecule has 0 spiro atoms. The molecular weight excluding hydrogens is 328 g/mol. The Labute approximate surface area is 141 Å². The number of carboxylic acid groups (broad SMARTS) is 1. The topological polar surface area (TPSA) is 121 Å². The number of carbonyl (C=O) groups excluding carboxylic acids is 3. The second kappa shape index (κ2) is 6.16. The molecule has 8 nitrogen and oxygen atoms in total. The molecule has 0 unspecified atom stereocenters. The predicted molar refractivity (Wildman–Crippen MR) is 82.4 cm³/mol. The van der Waals surface area contributed by atoms with E-state index < -0.39 is 35.2 Å². The molecule has 0 aromatic heterocycles. The summed E-state index contributed by atoms with van der Waals surface area (Å²) < 4.78 is 0. The summed E-state index contributed by atoms with van der Waals surface area (Å²) in [6.07, 6.45) is -0.660. The molecule has 0 saturated carbocycles. The number of hydrogen-bond donors (Lipinski definition) is 0. The van der Waals surface area contributed by atoms with Crippen LogP contribution in [0.25, 0.3) is 0 Å². The van der Waals surface area contributed by atoms with Crippen molar-refractivity contribution in [3.63, 3.8) is 0 Å². The van der Waals surface area contributed by atoms with Gasteiger partial charge in [-0.3, -0.25) is 24.6 Å². The third kappa shape index (κ3) is 2.85. The zero-order valence-electron chi connectivity index (χ0n) is 12.7. The van der Waals surface area contributed by atoms with Crippen molar-refractivity contribution in [1.82, 2.24) is 4.90 Å². The molecular formula is C17H11N2O6-. The number of rotatable bonds is 5. The Kier molecular flexibility index (Phi) is 4.02. The number of benzene rings is 2. The molecule has 8 heteroatoms. The van der Waals surface area contributed by atoms with Crippen LogP contribution in [-0.4, -0.2) is 27.6 Å². The first kappa shape index (κ1) is 16.3. The number of imide groups is 1. The van der Waals surface area contributed by atoms with Gasteiger partial charge in [-0.15, -0.1) is 0 Å². The van der Waals surface area contributed by atoms with Crippen LogP contribution < -0.4 is 5.11 Å². The van der Waals surface area contributed by atoms with Crippen LogP contribution in [0.3, 0.4) is 0 Å². The van der Waals surface area contributed by atoms with Gasteiger partial charge in [-0.2, -0.15) is 0 Å². The van der Waals surface area contributed by atoms with Crippen molar-refractivity contribution < 1.29 is 24.4 Å². The Morgan fingerprint density at radius 1 is 1.04 bits per heavy atom. The van der Waals surface area contributed by atoms with E-state index in [4.69, 9.17) is 0 Å². The molecule has 126 valence electrons. The number of nitro benzene ring substituents is 1. The highest BCUT2D eigenvalue weighted by atomic mass is 16.6. The van der Waals surface area contributed by atoms with Gasteiger partial charge in [0.1, 0.15) is 0 Å². The van der Waals surface area contributed by atoms with Crippen LogP contribution in [0.1, 0.15) is 38.7 Å². The SMILES string of the molecule is O=C([O-])C[C@H](c1cccc([N+](=O)[O-])c1)N1C(=O)c2ccccc2C1=O. The van der Waals surface area contributed by atoms with E-state index in [1.54, 1.807) is 12.1 Å². The van der Waals surface area contributed by atoms with E-state index in [0.717, 1.165) is 11.0 Å². The van der Waals surface area contributed by atoms with Crippen molar-refractivity contribution in [2.75, 3.05) is 0 Å². The van der Waals surface area contributed by atoms with Crippen LogP contribution in [0, 0.1) is 10.1 Å². The summed E-state index contributed by atoms with van der Waals surface area (Å²) >= 11 is 0. The second-order valence-corrected chi connectivity index (χ2v) is 5.47. The lowest BCUT2D eigenvalue weighted by atomic mass is 10.0. The average Bonchev–Trinajstić information content (AvgIpc) is 2.84. The predicted octanol–water partition coefficient (Wildman–Crippen LogP) is 1.07. The second-order valence-electron chi connectivity index (χ2n) is 5.47. The fraction of sp³-hybridized carbons (Fsp3) is 0.118. The molecule has 0 N–H and O–H groups in total. The highest BCUT2D eigenvalue weighted by Crippen LogP contribution is 2.34. The Bertz CT molecular complexity index is 873. The van der Waals surface area contributed by atoms with E-state index in [-0.39, 0.29) is 22.4 Å². The van der Waals surface area contributed by atoms with Crippen molar-refractivity contribution >= 4 is 23.5 Å². The summed E-state index contributed by atoms with van der Waals surface area (Å²) in [5, 5.41) is 22.1. The molecule has 1 aliphatic rings. The number of hydrogen-bond acceptors (Lipinski definition) is 6. The number of nitro groups is 1. The maximum Gasteiger partial charge on any atom is 0.269 e. The molecule has 1 aliphatic heterocycles. The minimum Gasteiger partial charge on any atom is -0.550 e. The molecule has 2 aromatic rings. The van der Waals surface area contributed by atoms with Gasteiger partial charge in [-0.25, -0.2) is 0 Å². The molecule has 0 radical (unpaired) electrons. The Morgan fingerprint density at radius 2 is 1.64 bits per heavy atom. The normalized spacial score (nSPS) is 14.3. The molecule has 0 aliphatic carbocycles. The number of fused-ring (bicyclic) bond motifs is 1. The first-order valence-electron chi connectivity index (χ1n) is 7.31. The first-order chi connectivity index (χ1) is 11.9. The van der Waals surface area contributed by atoms with Crippen molar-refractivity contribution in [3.8, 4) is 0 Å². The summed E-state index contributed by atoms with van der Waals surface area (Å²) in [6, 6.07) is 10.1. The van der Waals surface area contributed by atoms with Gasteiger partial charge >= 0.3 is 0 Å². The number of nitrogens with zero attached hydrogens (tertiary/aromatic N) is 2. The summed E-state index contributed by atoms with van der Waals surface area (Å²) in [4.78, 5) is 47.4. The maximum absolute atomic E-state index is 12.6. The van der Waals surface area contributed by atoms with Crippen LogP contribution in [0.15, 0.2) is 48.5 Å². The molecule has 1 heterocycles. The molecule has 2 aromatic carbocycles. The quantitative estimate of drug-likeness (QED) is 0.456. The van der Waals surface area contributed by atoms with E-state index in [0.29, 0.717) is 0 Å². The van der Waals surface area contributed by atoms with Crippen molar-refractivity contribution in [2.24, 2.45) is 0 Å². The molecule has 1 atom stereocenters. The number of carboxylic acids is 1. The molecule has 3 rings (SSSR count). The number of aliphatic carboxylic acids is 1. The van der Waals surface area contributed by atoms with Crippen LogP contribution in [0.4, 0.5) is 5.69 Å². The van der Waals surface area contributed by atoms with Crippen LogP contribution in [0.2, 0.25) is 0 Å². The lowest BCUT2D eigenvalue weighted by Crippen LogP contribution is -2.38. The molecule has 0 fully saturated rings. The van der Waals surface area contributed by atoms with E-state index in [9.17, 15) is 29.6 Å². The Morgan fingerprint density at radius 3 is 2.16 bits per heavy atom. The average molecular weight is 339 g/mol. The maximum atomic E-state index is 12.6. The fourth-order valence-electron chi connectivity index (χ4n) is 2.85. The highest BCUT2D eigenvalue weighted by Gasteiger charge is 2.40. The van der Waals surface area contributed by atoms with Crippen LogP contribution in [-0.2, 0) is 4.79 Å². The molecule has 2 amide bonds. The smallest absolute Gasteiger partial charge is 0.269 e. The largest absolute Gasteiger partial charge is 0.550 e. The van der Waals surface area contributed by atoms with Gasteiger partial charge in [-0.1, -0.05) is 24.3 Å². The van der Waals surface area contributed by atoms with Gasteiger partial charge in [0.05, 0.1) is 22.1 Å². The standard InChI is InChI=1S/C17H12N2O6/c20-15(21)9-14(10-4-3-5-11(8-10)19(24)25)18-16(22)12-6-1-2-7-13(12)17(18)23/h1-8,14H,9H2,(H,20,21)/p-1/t14-/m1/s1. The number of carbonyl (C=O) groups is 3. The minimum atomic E-state index is -1.48. The summed E-state index contributed by atoms with van der Waals surface area (Å²) in [7, 11) is 0. The summed E-state index contributed by atoms with van der Waals surface area (Å²) in [5.74, 6) is -2.76. The van der Waals surface area contributed by atoms with Gasteiger partial charge in [0.2, 0.25) is 0 Å². The molecule has 25 heavy (non-hydrogen) atoms. The van der Waals surface area contributed by atoms with Gasteiger partial charge in [0, 0.05) is 24.5 Å². The van der Waals surface area contributed by atoms with Crippen molar-refractivity contribution in [3.05, 3.63) is 75.3 Å². The van der Waals surface area contributed by atoms with Crippen molar-refractivity contribution in [1.29, 1.82) is 0 Å². The first-order valence-corrected chi connectivity index (χ1v) is 7.31. The monoisotopic (exact) mass is 339 g/mol. The highest BCUT2D eigenvalue weighted by molar-refractivity contribution is 6.21. The summed E-state index contributed by atoms with van der Waals surface area (Å²) in [6.45, 7) is 0. The van der Waals surface area contributed by atoms with E-state index in [1.807, 2.05) is 0 Å². The Balaban J connectivity index is 2.07. The number of non-ortho nitro benzene ring substituents is 1. The third-order valence-electron chi connectivity index (χ3n) is 3.96. The van der Waals surface area contributed by atoms with Gasteiger partial charge < -0.3 is 9.90 Å². The van der Waals surface area contributed by atoms with E-state index >= 15 is 0 Å². The van der Waals surface area contributed by atoms with Gasteiger partial charge in [0.25, 0.3) is 17.5 Å². The third-order valence-corrected chi connectivity index (χ3v) is 3.96. The Hall–Kier alpha value is -3.55. The molecule has 0 saturated heterocycles. The van der Waals surface area contributed by atoms with Gasteiger partial charge in [0.15, 0.2) is 0 Å².